The average molecular weight is 263 g/mol. The highest BCUT2D eigenvalue weighted by Crippen LogP contribution is 2.21. The summed E-state index contributed by atoms with van der Waals surface area (Å²) in [6, 6.07) is 4.44. The third kappa shape index (κ3) is 3.64. The summed E-state index contributed by atoms with van der Waals surface area (Å²) in [4.78, 5) is 0. The van der Waals surface area contributed by atoms with E-state index in [0.717, 1.165) is 0 Å². The number of benzene rings is 1. The third-order valence-electron chi connectivity index (χ3n) is 1.57. The summed E-state index contributed by atoms with van der Waals surface area (Å²) in [5.41, 5.74) is 0. The molecule has 0 saturated carbocycles. The van der Waals surface area contributed by atoms with Gasteiger partial charge in [0.05, 0.1) is 6.61 Å². The van der Waals surface area contributed by atoms with E-state index in [9.17, 15) is 4.39 Å². The molecule has 0 bridgehead atoms. The van der Waals surface area contributed by atoms with Crippen LogP contribution in [0, 0.1) is 5.82 Å². The van der Waals surface area contributed by atoms with Crippen LogP contribution in [0.3, 0.4) is 0 Å². The highest BCUT2D eigenvalue weighted by Gasteiger charge is 2.05. The first-order valence-electron chi connectivity index (χ1n) is 4.23. The standard InChI is InChI=1S/C10H12BrFO2/c1-7(6-13-2)14-10-4-8(11)3-9(12)5-10/h3-5,7H,6H2,1-2H3. The zero-order valence-corrected chi connectivity index (χ0v) is 9.67. The van der Waals surface area contributed by atoms with E-state index < -0.39 is 0 Å². The van der Waals surface area contributed by atoms with E-state index in [2.05, 4.69) is 15.9 Å². The summed E-state index contributed by atoms with van der Waals surface area (Å²) < 4.78 is 23.9. The van der Waals surface area contributed by atoms with Crippen molar-refractivity contribution in [1.82, 2.24) is 0 Å². The Balaban J connectivity index is 2.66. The number of halogens is 2. The lowest BCUT2D eigenvalue weighted by molar-refractivity contribution is 0.0918. The van der Waals surface area contributed by atoms with E-state index in [0.29, 0.717) is 16.8 Å². The highest BCUT2D eigenvalue weighted by molar-refractivity contribution is 9.10. The van der Waals surface area contributed by atoms with Crippen LogP contribution in [0.15, 0.2) is 22.7 Å². The molecule has 1 unspecified atom stereocenters. The maximum Gasteiger partial charge on any atom is 0.128 e. The molecule has 0 aliphatic heterocycles. The van der Waals surface area contributed by atoms with Gasteiger partial charge in [-0.05, 0) is 19.1 Å². The van der Waals surface area contributed by atoms with Crippen molar-refractivity contribution < 1.29 is 13.9 Å². The monoisotopic (exact) mass is 262 g/mol. The van der Waals surface area contributed by atoms with Crippen molar-refractivity contribution in [1.29, 1.82) is 0 Å². The third-order valence-corrected chi connectivity index (χ3v) is 2.03. The number of hydrogen-bond acceptors (Lipinski definition) is 2. The zero-order chi connectivity index (χ0) is 10.6. The number of methoxy groups -OCH3 is 1. The molecular formula is C10H12BrFO2. The van der Waals surface area contributed by atoms with E-state index in [-0.39, 0.29) is 11.9 Å². The summed E-state index contributed by atoms with van der Waals surface area (Å²) in [6.45, 7) is 2.34. The molecule has 1 atom stereocenters. The van der Waals surface area contributed by atoms with Gasteiger partial charge < -0.3 is 9.47 Å². The summed E-state index contributed by atoms with van der Waals surface area (Å²) in [6.07, 6.45) is -0.0892. The largest absolute Gasteiger partial charge is 0.488 e. The molecule has 78 valence electrons. The smallest absolute Gasteiger partial charge is 0.128 e. The molecule has 0 aliphatic carbocycles. The van der Waals surface area contributed by atoms with Crippen LogP contribution in [0.4, 0.5) is 4.39 Å². The van der Waals surface area contributed by atoms with Gasteiger partial charge >= 0.3 is 0 Å². The minimum absolute atomic E-state index is 0.0892. The van der Waals surface area contributed by atoms with Crippen molar-refractivity contribution in [2.24, 2.45) is 0 Å². The Morgan fingerprint density at radius 3 is 2.71 bits per heavy atom. The molecule has 0 spiro atoms. The van der Waals surface area contributed by atoms with Crippen LogP contribution < -0.4 is 4.74 Å². The first-order chi connectivity index (χ1) is 6.61. The van der Waals surface area contributed by atoms with Crippen molar-refractivity contribution in [3.63, 3.8) is 0 Å². The number of ether oxygens (including phenoxy) is 2. The molecule has 1 aromatic rings. The van der Waals surface area contributed by atoms with Crippen LogP contribution in [0.25, 0.3) is 0 Å². The van der Waals surface area contributed by atoms with E-state index in [1.807, 2.05) is 6.92 Å². The molecule has 14 heavy (non-hydrogen) atoms. The topological polar surface area (TPSA) is 18.5 Å². The Bertz CT molecular complexity index is 284. The fourth-order valence-corrected chi connectivity index (χ4v) is 1.54. The zero-order valence-electron chi connectivity index (χ0n) is 8.09. The van der Waals surface area contributed by atoms with E-state index in [1.165, 1.54) is 12.1 Å². The number of rotatable bonds is 4. The van der Waals surface area contributed by atoms with Crippen molar-refractivity contribution in [3.05, 3.63) is 28.5 Å². The normalized spacial score (nSPS) is 12.6. The van der Waals surface area contributed by atoms with Gasteiger partial charge in [-0.15, -0.1) is 0 Å². The maximum atomic E-state index is 12.9. The van der Waals surface area contributed by atoms with Crippen LogP contribution in [-0.4, -0.2) is 19.8 Å². The molecule has 2 nitrogen and oxygen atoms in total. The van der Waals surface area contributed by atoms with Crippen LogP contribution >= 0.6 is 15.9 Å². The van der Waals surface area contributed by atoms with Gasteiger partial charge in [0.2, 0.25) is 0 Å². The fraction of sp³-hybridized carbons (Fsp3) is 0.400. The molecule has 0 aliphatic rings. The van der Waals surface area contributed by atoms with Crippen LogP contribution in [-0.2, 0) is 4.74 Å². The minimum atomic E-state index is -0.320. The van der Waals surface area contributed by atoms with Gasteiger partial charge in [0.1, 0.15) is 17.7 Å². The molecule has 0 amide bonds. The molecule has 4 heteroatoms. The summed E-state index contributed by atoms with van der Waals surface area (Å²) >= 11 is 3.19. The molecule has 1 aromatic carbocycles. The van der Waals surface area contributed by atoms with Crippen molar-refractivity contribution in [3.8, 4) is 5.75 Å². The molecule has 0 fully saturated rings. The quantitative estimate of drug-likeness (QED) is 0.831. The Morgan fingerprint density at radius 2 is 2.14 bits per heavy atom. The number of hydrogen-bond donors (Lipinski definition) is 0. The Kier molecular flexibility index (Phi) is 4.35. The van der Waals surface area contributed by atoms with Gasteiger partial charge in [0, 0.05) is 17.6 Å². The predicted octanol–water partition coefficient (Wildman–Crippen LogP) is 3.00. The molecule has 0 heterocycles. The Labute approximate surface area is 91.2 Å². The van der Waals surface area contributed by atoms with Gasteiger partial charge in [-0.1, -0.05) is 15.9 Å². The summed E-state index contributed by atoms with van der Waals surface area (Å²) in [7, 11) is 1.60. The molecule has 0 saturated heterocycles. The lowest BCUT2D eigenvalue weighted by atomic mass is 10.3. The maximum absolute atomic E-state index is 12.9. The summed E-state index contributed by atoms with van der Waals surface area (Å²) in [5, 5.41) is 0. The van der Waals surface area contributed by atoms with Gasteiger partial charge in [0.15, 0.2) is 0 Å². The average Bonchev–Trinajstić information content (AvgIpc) is 2.01. The van der Waals surface area contributed by atoms with Crippen molar-refractivity contribution in [2.45, 2.75) is 13.0 Å². The Hall–Kier alpha value is -0.610. The lowest BCUT2D eigenvalue weighted by Gasteiger charge is -2.13. The van der Waals surface area contributed by atoms with Gasteiger partial charge in [-0.3, -0.25) is 0 Å². The summed E-state index contributed by atoms with van der Waals surface area (Å²) in [5.74, 6) is 0.181. The van der Waals surface area contributed by atoms with E-state index in [1.54, 1.807) is 13.2 Å². The SMILES string of the molecule is COCC(C)Oc1cc(F)cc(Br)c1. The minimum Gasteiger partial charge on any atom is -0.488 e. The van der Waals surface area contributed by atoms with Gasteiger partial charge in [-0.25, -0.2) is 4.39 Å². The second-order valence-corrected chi connectivity index (χ2v) is 3.90. The molecule has 0 aromatic heterocycles. The first kappa shape index (κ1) is 11.5. The van der Waals surface area contributed by atoms with Crippen LogP contribution in [0.5, 0.6) is 5.75 Å². The van der Waals surface area contributed by atoms with Crippen LogP contribution in [0.2, 0.25) is 0 Å². The molecule has 0 N–H and O–H groups in total. The van der Waals surface area contributed by atoms with Crippen molar-refractivity contribution in [2.75, 3.05) is 13.7 Å². The van der Waals surface area contributed by atoms with Crippen LogP contribution in [0.1, 0.15) is 6.92 Å². The van der Waals surface area contributed by atoms with Gasteiger partial charge in [0.25, 0.3) is 0 Å². The molecule has 0 radical (unpaired) electrons. The second-order valence-electron chi connectivity index (χ2n) is 2.99. The van der Waals surface area contributed by atoms with E-state index in [4.69, 9.17) is 9.47 Å². The molecule has 1 rings (SSSR count). The van der Waals surface area contributed by atoms with E-state index >= 15 is 0 Å². The first-order valence-corrected chi connectivity index (χ1v) is 5.03. The Morgan fingerprint density at radius 1 is 1.43 bits per heavy atom. The fourth-order valence-electron chi connectivity index (χ4n) is 1.10. The van der Waals surface area contributed by atoms with Gasteiger partial charge in [-0.2, -0.15) is 0 Å². The predicted molar refractivity (Wildman–Crippen MR) is 56.1 cm³/mol. The second kappa shape index (κ2) is 5.32. The lowest BCUT2D eigenvalue weighted by Crippen LogP contribution is -2.17. The van der Waals surface area contributed by atoms with Crippen molar-refractivity contribution >= 4 is 15.9 Å². The molecular weight excluding hydrogens is 251 g/mol. The highest BCUT2D eigenvalue weighted by atomic mass is 79.9.